The Morgan fingerprint density at radius 2 is 2.08 bits per heavy atom. The number of nitrogens with one attached hydrogen (secondary N) is 1. The lowest BCUT2D eigenvalue weighted by Gasteiger charge is -2.13. The third-order valence-corrected chi connectivity index (χ3v) is 6.05. The van der Waals surface area contributed by atoms with Crippen molar-refractivity contribution in [1.29, 1.82) is 0 Å². The number of para-hydroxylation sites is 2. The van der Waals surface area contributed by atoms with Gasteiger partial charge in [-0.3, -0.25) is 4.79 Å². The third kappa shape index (κ3) is 3.04. The van der Waals surface area contributed by atoms with Crippen LogP contribution in [0, 0.1) is 13.8 Å². The molecule has 5 nitrogen and oxygen atoms in total. The van der Waals surface area contributed by atoms with E-state index in [4.69, 9.17) is 0 Å². The van der Waals surface area contributed by atoms with Crippen LogP contribution in [0.4, 0.5) is 5.13 Å². The molecular weight excluding hydrogens is 364 g/mol. The van der Waals surface area contributed by atoms with E-state index in [0.29, 0.717) is 5.13 Å². The highest BCUT2D eigenvalue weighted by molar-refractivity contribution is 7.14. The molecule has 1 amide bonds. The van der Waals surface area contributed by atoms with Crippen LogP contribution in [0.5, 0.6) is 0 Å². The third-order valence-electron chi connectivity index (χ3n) is 4.33. The van der Waals surface area contributed by atoms with Crippen LogP contribution in [-0.2, 0) is 4.79 Å². The standard InChI is InChI=1S/C19H18N4OS2/c1-11-8-14(13(3)26-11)16-9-25-19(21-16)22-18(24)12(2)23-10-20-15-6-4-5-7-17(15)23/h4-10,12H,1-3H3,(H,21,22,24). The number of anilines is 1. The normalized spacial score (nSPS) is 12.4. The number of fused-ring (bicyclic) bond motifs is 1. The second-order valence-electron chi connectivity index (χ2n) is 6.17. The first-order chi connectivity index (χ1) is 12.5. The number of benzene rings is 1. The maximum atomic E-state index is 12.7. The number of thiophene rings is 1. The van der Waals surface area contributed by atoms with Crippen molar-refractivity contribution >= 4 is 44.7 Å². The predicted octanol–water partition coefficient (Wildman–Crippen LogP) is 5.04. The largest absolute Gasteiger partial charge is 0.318 e. The minimum Gasteiger partial charge on any atom is -0.318 e. The molecule has 3 aromatic heterocycles. The maximum Gasteiger partial charge on any atom is 0.248 e. The van der Waals surface area contributed by atoms with Crippen LogP contribution in [0.1, 0.15) is 22.7 Å². The lowest BCUT2D eigenvalue weighted by Crippen LogP contribution is -2.23. The molecule has 0 saturated carbocycles. The van der Waals surface area contributed by atoms with E-state index in [9.17, 15) is 4.79 Å². The van der Waals surface area contributed by atoms with E-state index >= 15 is 0 Å². The summed E-state index contributed by atoms with van der Waals surface area (Å²) >= 11 is 3.20. The first-order valence-corrected chi connectivity index (χ1v) is 9.98. The van der Waals surface area contributed by atoms with Crippen molar-refractivity contribution in [2.24, 2.45) is 0 Å². The minimum absolute atomic E-state index is 0.104. The monoisotopic (exact) mass is 382 g/mol. The van der Waals surface area contributed by atoms with Gasteiger partial charge >= 0.3 is 0 Å². The number of thiazole rings is 1. The number of hydrogen-bond donors (Lipinski definition) is 1. The molecule has 0 bridgehead atoms. The van der Waals surface area contributed by atoms with Gasteiger partial charge in [0, 0.05) is 20.7 Å². The Bertz CT molecular complexity index is 1090. The molecule has 0 radical (unpaired) electrons. The Kier molecular flexibility index (Phi) is 4.34. The van der Waals surface area contributed by atoms with Crippen molar-refractivity contribution in [3.63, 3.8) is 0 Å². The Morgan fingerprint density at radius 1 is 1.27 bits per heavy atom. The van der Waals surface area contributed by atoms with Gasteiger partial charge in [0.25, 0.3) is 0 Å². The van der Waals surface area contributed by atoms with Crippen LogP contribution in [0.25, 0.3) is 22.3 Å². The van der Waals surface area contributed by atoms with E-state index in [-0.39, 0.29) is 11.9 Å². The van der Waals surface area contributed by atoms with E-state index in [1.165, 1.54) is 21.1 Å². The molecule has 1 unspecified atom stereocenters. The summed E-state index contributed by atoms with van der Waals surface area (Å²) < 4.78 is 1.88. The Hall–Kier alpha value is -2.51. The average molecular weight is 383 g/mol. The summed E-state index contributed by atoms with van der Waals surface area (Å²) in [4.78, 5) is 24.1. The average Bonchev–Trinajstić information content (AvgIpc) is 3.32. The molecule has 0 aliphatic carbocycles. The van der Waals surface area contributed by atoms with Crippen molar-refractivity contribution in [2.75, 3.05) is 5.32 Å². The van der Waals surface area contributed by atoms with E-state index in [1.807, 2.05) is 41.1 Å². The van der Waals surface area contributed by atoms with E-state index < -0.39 is 0 Å². The van der Waals surface area contributed by atoms with E-state index in [0.717, 1.165) is 22.3 Å². The fourth-order valence-electron chi connectivity index (χ4n) is 2.96. The van der Waals surface area contributed by atoms with Crippen LogP contribution in [0.3, 0.4) is 0 Å². The summed E-state index contributed by atoms with van der Waals surface area (Å²) in [7, 11) is 0. The van der Waals surface area contributed by atoms with Crippen LogP contribution in [-0.4, -0.2) is 20.4 Å². The van der Waals surface area contributed by atoms with Gasteiger partial charge in [-0.05, 0) is 39.0 Å². The molecule has 1 N–H and O–H groups in total. The summed E-state index contributed by atoms with van der Waals surface area (Å²) in [5.41, 5.74) is 3.87. The molecule has 0 aliphatic heterocycles. The molecule has 1 aromatic carbocycles. The summed E-state index contributed by atoms with van der Waals surface area (Å²) in [6.45, 7) is 6.05. The van der Waals surface area contributed by atoms with Gasteiger partial charge in [-0.2, -0.15) is 0 Å². The van der Waals surface area contributed by atoms with Gasteiger partial charge in [-0.25, -0.2) is 9.97 Å². The number of carbonyl (C=O) groups excluding carboxylic acids is 1. The van der Waals surface area contributed by atoms with E-state index in [2.05, 4.69) is 35.2 Å². The fourth-order valence-corrected chi connectivity index (χ4v) is 4.61. The predicted molar refractivity (Wildman–Crippen MR) is 108 cm³/mol. The molecule has 4 aromatic rings. The molecular formula is C19H18N4OS2. The molecule has 132 valence electrons. The Labute approximate surface area is 159 Å². The second kappa shape index (κ2) is 6.66. The number of amides is 1. The molecule has 0 aliphatic rings. The smallest absolute Gasteiger partial charge is 0.248 e. The fraction of sp³-hybridized carbons (Fsp3) is 0.211. The van der Waals surface area contributed by atoms with Gasteiger partial charge in [-0.15, -0.1) is 22.7 Å². The molecule has 0 fully saturated rings. The molecule has 3 heterocycles. The molecule has 1 atom stereocenters. The number of rotatable bonds is 4. The highest BCUT2D eigenvalue weighted by Crippen LogP contribution is 2.32. The molecule has 7 heteroatoms. The van der Waals surface area contributed by atoms with Gasteiger partial charge < -0.3 is 9.88 Å². The number of hydrogen-bond acceptors (Lipinski definition) is 5. The van der Waals surface area contributed by atoms with Crippen molar-refractivity contribution in [2.45, 2.75) is 26.8 Å². The van der Waals surface area contributed by atoms with Crippen LogP contribution < -0.4 is 5.32 Å². The highest BCUT2D eigenvalue weighted by Gasteiger charge is 2.19. The lowest BCUT2D eigenvalue weighted by atomic mass is 10.2. The SMILES string of the molecule is Cc1cc(-c2csc(NC(=O)C(C)n3cnc4ccccc43)n2)c(C)s1. The zero-order valence-electron chi connectivity index (χ0n) is 14.7. The molecule has 4 rings (SSSR count). The van der Waals surface area contributed by atoms with E-state index in [1.54, 1.807) is 17.7 Å². The number of imidazole rings is 1. The topological polar surface area (TPSA) is 59.8 Å². The van der Waals surface area contributed by atoms with Gasteiger partial charge in [0.2, 0.25) is 5.91 Å². The Balaban J connectivity index is 1.54. The van der Waals surface area contributed by atoms with Gasteiger partial charge in [0.1, 0.15) is 6.04 Å². The second-order valence-corrected chi connectivity index (χ2v) is 8.49. The van der Waals surface area contributed by atoms with Gasteiger partial charge in [-0.1, -0.05) is 12.1 Å². The summed E-state index contributed by atoms with van der Waals surface area (Å²) in [5.74, 6) is -0.104. The Morgan fingerprint density at radius 3 is 2.85 bits per heavy atom. The number of aryl methyl sites for hydroxylation is 2. The zero-order chi connectivity index (χ0) is 18.3. The summed E-state index contributed by atoms with van der Waals surface area (Å²) in [6, 6.07) is 9.56. The van der Waals surface area contributed by atoms with Gasteiger partial charge in [0.15, 0.2) is 5.13 Å². The first-order valence-electron chi connectivity index (χ1n) is 8.28. The quantitative estimate of drug-likeness (QED) is 0.538. The van der Waals surface area contributed by atoms with Gasteiger partial charge in [0.05, 0.1) is 23.1 Å². The van der Waals surface area contributed by atoms with Crippen molar-refractivity contribution in [3.05, 3.63) is 51.8 Å². The summed E-state index contributed by atoms with van der Waals surface area (Å²) in [5, 5.41) is 5.54. The van der Waals surface area contributed by atoms with Crippen molar-refractivity contribution in [1.82, 2.24) is 14.5 Å². The maximum absolute atomic E-state index is 12.7. The summed E-state index contributed by atoms with van der Waals surface area (Å²) in [6.07, 6.45) is 1.71. The first kappa shape index (κ1) is 16.9. The lowest BCUT2D eigenvalue weighted by molar-refractivity contribution is -0.118. The molecule has 0 saturated heterocycles. The number of aromatic nitrogens is 3. The molecule has 26 heavy (non-hydrogen) atoms. The van der Waals surface area contributed by atoms with Crippen LogP contribution >= 0.6 is 22.7 Å². The van der Waals surface area contributed by atoms with Crippen LogP contribution in [0.2, 0.25) is 0 Å². The molecule has 0 spiro atoms. The highest BCUT2D eigenvalue weighted by atomic mass is 32.1. The van der Waals surface area contributed by atoms with Crippen molar-refractivity contribution in [3.8, 4) is 11.3 Å². The zero-order valence-corrected chi connectivity index (χ0v) is 16.3. The minimum atomic E-state index is -0.375. The van der Waals surface area contributed by atoms with Crippen LogP contribution in [0.15, 0.2) is 42.0 Å². The number of carbonyl (C=O) groups is 1. The number of nitrogens with zero attached hydrogens (tertiary/aromatic N) is 3. The van der Waals surface area contributed by atoms with Crippen molar-refractivity contribution < 1.29 is 4.79 Å².